The number of hydrogen-bond acceptors (Lipinski definition) is 2. The molecule has 3 aromatic rings. The van der Waals surface area contributed by atoms with Gasteiger partial charge in [-0.2, -0.15) is 15.4 Å². The molecular weight excluding hydrogens is 234 g/mol. The standard InChI is InChI=1S/C16H15N3/c1-11-7-9-13(10-8-11)15-16(18-19-17-15)14-6-4-3-5-12(14)2/h3-10H,1-2H3,(H,17,18,19). The van der Waals surface area contributed by atoms with Gasteiger partial charge in [0.15, 0.2) is 0 Å². The smallest absolute Gasteiger partial charge is 0.121 e. The van der Waals surface area contributed by atoms with Crippen LogP contribution in [-0.4, -0.2) is 15.4 Å². The average molecular weight is 249 g/mol. The molecule has 0 bridgehead atoms. The molecule has 0 aliphatic heterocycles. The SMILES string of the molecule is Cc1ccc(-c2n[nH]nc2-c2ccccc2C)cc1. The highest BCUT2D eigenvalue weighted by atomic mass is 15.3. The van der Waals surface area contributed by atoms with Crippen molar-refractivity contribution in [3.63, 3.8) is 0 Å². The Morgan fingerprint density at radius 1 is 0.789 bits per heavy atom. The summed E-state index contributed by atoms with van der Waals surface area (Å²) in [4.78, 5) is 0. The van der Waals surface area contributed by atoms with E-state index < -0.39 is 0 Å². The zero-order valence-corrected chi connectivity index (χ0v) is 11.0. The van der Waals surface area contributed by atoms with Gasteiger partial charge in [-0.1, -0.05) is 54.1 Å². The number of aromatic amines is 1. The first kappa shape index (κ1) is 11.7. The van der Waals surface area contributed by atoms with Crippen molar-refractivity contribution >= 4 is 0 Å². The second-order valence-electron chi connectivity index (χ2n) is 4.70. The van der Waals surface area contributed by atoms with E-state index in [-0.39, 0.29) is 0 Å². The molecule has 3 rings (SSSR count). The van der Waals surface area contributed by atoms with Crippen molar-refractivity contribution in [2.45, 2.75) is 13.8 Å². The highest BCUT2D eigenvalue weighted by Gasteiger charge is 2.13. The van der Waals surface area contributed by atoms with Crippen molar-refractivity contribution in [3.05, 3.63) is 59.7 Å². The lowest BCUT2D eigenvalue weighted by molar-refractivity contribution is 0.944. The number of H-pyrrole nitrogens is 1. The Morgan fingerprint density at radius 2 is 1.47 bits per heavy atom. The highest BCUT2D eigenvalue weighted by molar-refractivity contribution is 5.79. The second-order valence-corrected chi connectivity index (χ2v) is 4.70. The molecule has 3 heteroatoms. The summed E-state index contributed by atoms with van der Waals surface area (Å²) in [7, 11) is 0. The molecule has 0 aliphatic carbocycles. The van der Waals surface area contributed by atoms with Crippen LogP contribution < -0.4 is 0 Å². The number of rotatable bonds is 2. The maximum Gasteiger partial charge on any atom is 0.121 e. The van der Waals surface area contributed by atoms with Gasteiger partial charge in [-0.3, -0.25) is 0 Å². The molecule has 94 valence electrons. The Kier molecular flexibility index (Phi) is 2.88. The first-order valence-electron chi connectivity index (χ1n) is 6.29. The quantitative estimate of drug-likeness (QED) is 0.751. The van der Waals surface area contributed by atoms with Crippen LogP contribution in [0.25, 0.3) is 22.5 Å². The number of aromatic nitrogens is 3. The van der Waals surface area contributed by atoms with E-state index in [9.17, 15) is 0 Å². The third kappa shape index (κ3) is 2.15. The van der Waals surface area contributed by atoms with Crippen LogP contribution in [0.4, 0.5) is 0 Å². The van der Waals surface area contributed by atoms with Crippen LogP contribution >= 0.6 is 0 Å². The first-order valence-corrected chi connectivity index (χ1v) is 6.29. The van der Waals surface area contributed by atoms with Gasteiger partial charge in [-0.15, -0.1) is 0 Å². The molecule has 1 heterocycles. The zero-order valence-electron chi connectivity index (χ0n) is 11.0. The Morgan fingerprint density at radius 3 is 2.21 bits per heavy atom. The number of aryl methyl sites for hydroxylation is 2. The fourth-order valence-corrected chi connectivity index (χ4v) is 2.17. The Bertz CT molecular complexity index is 696. The number of nitrogens with one attached hydrogen (secondary N) is 1. The zero-order chi connectivity index (χ0) is 13.2. The minimum absolute atomic E-state index is 0.898. The van der Waals surface area contributed by atoms with Crippen molar-refractivity contribution in [2.75, 3.05) is 0 Å². The van der Waals surface area contributed by atoms with Gasteiger partial charge in [0.25, 0.3) is 0 Å². The van der Waals surface area contributed by atoms with Crippen LogP contribution in [0.2, 0.25) is 0 Å². The number of benzene rings is 2. The summed E-state index contributed by atoms with van der Waals surface area (Å²) in [5.41, 5.74) is 6.44. The normalized spacial score (nSPS) is 10.6. The molecule has 0 spiro atoms. The van der Waals surface area contributed by atoms with Crippen molar-refractivity contribution in [3.8, 4) is 22.5 Å². The molecular formula is C16H15N3. The Balaban J connectivity index is 2.13. The highest BCUT2D eigenvalue weighted by Crippen LogP contribution is 2.30. The lowest BCUT2D eigenvalue weighted by Crippen LogP contribution is -1.87. The van der Waals surface area contributed by atoms with E-state index in [4.69, 9.17) is 0 Å². The van der Waals surface area contributed by atoms with Crippen molar-refractivity contribution in [2.24, 2.45) is 0 Å². The average Bonchev–Trinajstić information content (AvgIpc) is 2.89. The third-order valence-corrected chi connectivity index (χ3v) is 3.27. The van der Waals surface area contributed by atoms with Gasteiger partial charge in [0, 0.05) is 11.1 Å². The summed E-state index contributed by atoms with van der Waals surface area (Å²) < 4.78 is 0. The minimum Gasteiger partial charge on any atom is -0.197 e. The topological polar surface area (TPSA) is 41.6 Å². The van der Waals surface area contributed by atoms with Crippen LogP contribution in [0.15, 0.2) is 48.5 Å². The molecule has 19 heavy (non-hydrogen) atoms. The first-order chi connectivity index (χ1) is 9.25. The van der Waals surface area contributed by atoms with Gasteiger partial charge in [-0.05, 0) is 19.4 Å². The fourth-order valence-electron chi connectivity index (χ4n) is 2.17. The summed E-state index contributed by atoms with van der Waals surface area (Å²) in [6.45, 7) is 4.16. The van der Waals surface area contributed by atoms with E-state index in [1.54, 1.807) is 0 Å². The molecule has 0 unspecified atom stereocenters. The van der Waals surface area contributed by atoms with Gasteiger partial charge >= 0.3 is 0 Å². The molecule has 1 aromatic heterocycles. The monoisotopic (exact) mass is 249 g/mol. The Hall–Kier alpha value is -2.42. The largest absolute Gasteiger partial charge is 0.197 e. The predicted molar refractivity (Wildman–Crippen MR) is 76.7 cm³/mol. The molecule has 0 atom stereocenters. The lowest BCUT2D eigenvalue weighted by atomic mass is 10.0. The maximum absolute atomic E-state index is 4.31. The molecule has 0 amide bonds. The predicted octanol–water partition coefficient (Wildman–Crippen LogP) is 3.76. The minimum atomic E-state index is 0.898. The van der Waals surface area contributed by atoms with Gasteiger partial charge in [0.1, 0.15) is 11.4 Å². The second kappa shape index (κ2) is 4.69. The van der Waals surface area contributed by atoms with Crippen molar-refractivity contribution < 1.29 is 0 Å². The summed E-state index contributed by atoms with van der Waals surface area (Å²) in [5, 5.41) is 11.3. The van der Waals surface area contributed by atoms with Crippen LogP contribution in [-0.2, 0) is 0 Å². The molecule has 3 nitrogen and oxygen atoms in total. The molecule has 0 aliphatic rings. The molecule has 0 saturated heterocycles. The summed E-state index contributed by atoms with van der Waals surface area (Å²) in [5.74, 6) is 0. The van der Waals surface area contributed by atoms with E-state index in [1.165, 1.54) is 11.1 Å². The van der Waals surface area contributed by atoms with Gasteiger partial charge in [0.2, 0.25) is 0 Å². The van der Waals surface area contributed by atoms with E-state index in [0.717, 1.165) is 22.5 Å². The van der Waals surface area contributed by atoms with E-state index >= 15 is 0 Å². The van der Waals surface area contributed by atoms with E-state index in [1.807, 2.05) is 12.1 Å². The van der Waals surface area contributed by atoms with E-state index in [0.29, 0.717) is 0 Å². The van der Waals surface area contributed by atoms with Crippen LogP contribution in [0, 0.1) is 13.8 Å². The van der Waals surface area contributed by atoms with Gasteiger partial charge < -0.3 is 0 Å². The van der Waals surface area contributed by atoms with Gasteiger partial charge in [-0.25, -0.2) is 0 Å². The molecule has 0 radical (unpaired) electrons. The fraction of sp³-hybridized carbons (Fsp3) is 0.125. The molecule has 0 saturated carbocycles. The van der Waals surface area contributed by atoms with Crippen molar-refractivity contribution in [1.82, 2.24) is 15.4 Å². The number of nitrogens with zero attached hydrogens (tertiary/aromatic N) is 2. The van der Waals surface area contributed by atoms with Crippen LogP contribution in [0.1, 0.15) is 11.1 Å². The summed E-state index contributed by atoms with van der Waals surface area (Å²) in [6.07, 6.45) is 0. The van der Waals surface area contributed by atoms with E-state index in [2.05, 4.69) is 65.7 Å². The number of hydrogen-bond donors (Lipinski definition) is 1. The molecule has 0 fully saturated rings. The van der Waals surface area contributed by atoms with Gasteiger partial charge in [0.05, 0.1) is 0 Å². The van der Waals surface area contributed by atoms with Crippen molar-refractivity contribution in [1.29, 1.82) is 0 Å². The Labute approximate surface area is 112 Å². The summed E-state index contributed by atoms with van der Waals surface area (Å²) in [6, 6.07) is 16.6. The molecule has 2 aromatic carbocycles. The van der Waals surface area contributed by atoms with Crippen LogP contribution in [0.3, 0.4) is 0 Å². The third-order valence-electron chi connectivity index (χ3n) is 3.27. The maximum atomic E-state index is 4.31. The lowest BCUT2D eigenvalue weighted by Gasteiger charge is -2.04. The van der Waals surface area contributed by atoms with Crippen LogP contribution in [0.5, 0.6) is 0 Å². The molecule has 1 N–H and O–H groups in total. The summed E-state index contributed by atoms with van der Waals surface area (Å²) >= 11 is 0.